The minimum absolute atomic E-state index is 0.0670. The average Bonchev–Trinajstić information content (AvgIpc) is 2.29. The molecule has 3 nitrogen and oxygen atoms in total. The molecule has 1 aliphatic heterocycles. The molecule has 0 aromatic carbocycles. The number of thioether (sulfide) groups is 1. The van der Waals surface area contributed by atoms with Crippen LogP contribution < -0.4 is 10.6 Å². The Kier molecular flexibility index (Phi) is 3.71. The van der Waals surface area contributed by atoms with Crippen LogP contribution in [0.3, 0.4) is 0 Å². The monoisotopic (exact) mass is 237 g/mol. The van der Waals surface area contributed by atoms with Crippen LogP contribution in [0.4, 0.5) is 5.82 Å². The fourth-order valence-corrected chi connectivity index (χ4v) is 2.89. The number of nitrogens with two attached hydrogens (primary N) is 1. The number of hydrogen-bond acceptors (Lipinski definition) is 4. The van der Waals surface area contributed by atoms with Crippen molar-refractivity contribution in [1.29, 1.82) is 0 Å². The predicted molar refractivity (Wildman–Crippen MR) is 71.0 cm³/mol. The second-order valence-corrected chi connectivity index (χ2v) is 5.91. The van der Waals surface area contributed by atoms with Gasteiger partial charge in [-0.3, -0.25) is 0 Å². The van der Waals surface area contributed by atoms with Crippen molar-refractivity contribution in [3.8, 4) is 0 Å². The van der Waals surface area contributed by atoms with Gasteiger partial charge in [0.15, 0.2) is 0 Å². The summed E-state index contributed by atoms with van der Waals surface area (Å²) < 4.78 is 0. The summed E-state index contributed by atoms with van der Waals surface area (Å²) in [6, 6.07) is 4.23. The number of nitrogens with zero attached hydrogens (tertiary/aromatic N) is 2. The van der Waals surface area contributed by atoms with Gasteiger partial charge in [-0.15, -0.1) is 0 Å². The molecular formula is C12H19N3S. The lowest BCUT2D eigenvalue weighted by Crippen LogP contribution is -2.37. The second-order valence-electron chi connectivity index (χ2n) is 4.37. The summed E-state index contributed by atoms with van der Waals surface area (Å²) in [4.78, 5) is 6.85. The van der Waals surface area contributed by atoms with Crippen molar-refractivity contribution >= 4 is 17.6 Å². The second kappa shape index (κ2) is 5.06. The molecule has 16 heavy (non-hydrogen) atoms. The molecule has 1 aromatic rings. The Bertz CT molecular complexity index is 337. The zero-order valence-corrected chi connectivity index (χ0v) is 10.7. The van der Waals surface area contributed by atoms with Crippen molar-refractivity contribution in [3.05, 3.63) is 23.9 Å². The molecule has 2 heterocycles. The number of aromatic nitrogens is 1. The van der Waals surface area contributed by atoms with Gasteiger partial charge in [0.2, 0.25) is 0 Å². The van der Waals surface area contributed by atoms with Crippen LogP contribution in [-0.2, 0) is 0 Å². The van der Waals surface area contributed by atoms with Gasteiger partial charge >= 0.3 is 0 Å². The van der Waals surface area contributed by atoms with E-state index >= 15 is 0 Å². The molecule has 4 heteroatoms. The van der Waals surface area contributed by atoms with Crippen molar-refractivity contribution in [2.24, 2.45) is 5.73 Å². The molecule has 1 fully saturated rings. The van der Waals surface area contributed by atoms with Crippen LogP contribution in [0.15, 0.2) is 18.3 Å². The van der Waals surface area contributed by atoms with Crippen molar-refractivity contribution in [3.63, 3.8) is 0 Å². The van der Waals surface area contributed by atoms with Gasteiger partial charge in [0, 0.05) is 36.3 Å². The highest BCUT2D eigenvalue weighted by molar-refractivity contribution is 8.00. The van der Waals surface area contributed by atoms with Crippen molar-refractivity contribution < 1.29 is 0 Å². The molecule has 2 atom stereocenters. The molecule has 0 saturated carbocycles. The summed E-state index contributed by atoms with van der Waals surface area (Å²) in [7, 11) is 0. The maximum Gasteiger partial charge on any atom is 0.128 e. The minimum atomic E-state index is 0.0670. The van der Waals surface area contributed by atoms with Gasteiger partial charge in [-0.1, -0.05) is 13.0 Å². The lowest BCUT2D eigenvalue weighted by molar-refractivity contribution is 0.763. The molecule has 0 amide bonds. The van der Waals surface area contributed by atoms with Crippen LogP contribution in [0.1, 0.15) is 25.5 Å². The SMILES string of the molecule is CC1CN(c2ccc([C@H](C)N)cn2)CCS1. The molecule has 88 valence electrons. The van der Waals surface area contributed by atoms with E-state index in [1.54, 1.807) is 0 Å². The van der Waals surface area contributed by atoms with Crippen LogP contribution in [0.5, 0.6) is 0 Å². The molecule has 0 bridgehead atoms. The van der Waals surface area contributed by atoms with Gasteiger partial charge in [-0.2, -0.15) is 11.8 Å². The Morgan fingerprint density at radius 1 is 1.56 bits per heavy atom. The van der Waals surface area contributed by atoms with Gasteiger partial charge in [-0.25, -0.2) is 4.98 Å². The summed E-state index contributed by atoms with van der Waals surface area (Å²) >= 11 is 2.04. The molecule has 0 aliphatic carbocycles. The fraction of sp³-hybridized carbons (Fsp3) is 0.583. The summed E-state index contributed by atoms with van der Waals surface area (Å²) in [6.45, 7) is 6.44. The summed E-state index contributed by atoms with van der Waals surface area (Å²) in [5.74, 6) is 2.27. The first-order valence-electron chi connectivity index (χ1n) is 5.75. The van der Waals surface area contributed by atoms with E-state index in [0.717, 1.165) is 24.5 Å². The van der Waals surface area contributed by atoms with E-state index in [4.69, 9.17) is 5.73 Å². The maximum absolute atomic E-state index is 5.81. The largest absolute Gasteiger partial charge is 0.355 e. The zero-order chi connectivity index (χ0) is 11.5. The topological polar surface area (TPSA) is 42.1 Å². The third-order valence-electron chi connectivity index (χ3n) is 2.86. The maximum atomic E-state index is 5.81. The first kappa shape index (κ1) is 11.7. The lowest BCUT2D eigenvalue weighted by Gasteiger charge is -2.31. The molecule has 1 aromatic heterocycles. The Balaban J connectivity index is 2.09. The summed E-state index contributed by atoms with van der Waals surface area (Å²) in [5, 5.41) is 0.698. The van der Waals surface area contributed by atoms with Crippen LogP contribution in [0.25, 0.3) is 0 Å². The quantitative estimate of drug-likeness (QED) is 0.855. The number of pyridine rings is 1. The third-order valence-corrected chi connectivity index (χ3v) is 4.00. The van der Waals surface area contributed by atoms with Crippen molar-refractivity contribution in [2.45, 2.75) is 25.1 Å². The lowest BCUT2D eigenvalue weighted by atomic mass is 10.1. The van der Waals surface area contributed by atoms with Gasteiger partial charge in [0.05, 0.1) is 0 Å². The molecule has 1 unspecified atom stereocenters. The normalized spacial score (nSPS) is 23.2. The smallest absolute Gasteiger partial charge is 0.128 e. The minimum Gasteiger partial charge on any atom is -0.355 e. The van der Waals surface area contributed by atoms with Crippen LogP contribution in [0.2, 0.25) is 0 Å². The molecule has 0 spiro atoms. The van der Waals surface area contributed by atoms with Crippen molar-refractivity contribution in [2.75, 3.05) is 23.7 Å². The van der Waals surface area contributed by atoms with E-state index in [1.165, 1.54) is 5.75 Å². The predicted octanol–water partition coefficient (Wildman–Crippen LogP) is 2.04. The highest BCUT2D eigenvalue weighted by atomic mass is 32.2. The number of rotatable bonds is 2. The van der Waals surface area contributed by atoms with Gasteiger partial charge in [0.25, 0.3) is 0 Å². The molecule has 2 rings (SSSR count). The van der Waals surface area contributed by atoms with Gasteiger partial charge in [-0.05, 0) is 18.6 Å². The van der Waals surface area contributed by atoms with Crippen LogP contribution >= 0.6 is 11.8 Å². The first-order chi connectivity index (χ1) is 7.66. The molecular weight excluding hydrogens is 218 g/mol. The highest BCUT2D eigenvalue weighted by Gasteiger charge is 2.17. The molecule has 1 aliphatic rings. The van der Waals surface area contributed by atoms with Gasteiger partial charge < -0.3 is 10.6 Å². The van der Waals surface area contributed by atoms with Gasteiger partial charge in [0.1, 0.15) is 5.82 Å². The molecule has 2 N–H and O–H groups in total. The Morgan fingerprint density at radius 3 is 2.94 bits per heavy atom. The van der Waals surface area contributed by atoms with E-state index in [-0.39, 0.29) is 6.04 Å². The van der Waals surface area contributed by atoms with E-state index < -0.39 is 0 Å². The Labute approximate surface area is 101 Å². The van der Waals surface area contributed by atoms with Crippen LogP contribution in [-0.4, -0.2) is 29.1 Å². The summed E-state index contributed by atoms with van der Waals surface area (Å²) in [5.41, 5.74) is 6.91. The van der Waals surface area contributed by atoms with Crippen molar-refractivity contribution in [1.82, 2.24) is 4.98 Å². The van der Waals surface area contributed by atoms with E-state index in [1.807, 2.05) is 24.9 Å². The standard InChI is InChI=1S/C12H19N3S/c1-9-8-15(5-6-16-9)12-4-3-11(7-14-12)10(2)13/h3-4,7,9-10H,5-6,8,13H2,1-2H3/t9?,10-/m0/s1. The average molecular weight is 237 g/mol. The fourth-order valence-electron chi connectivity index (χ4n) is 1.88. The van der Waals surface area contributed by atoms with E-state index in [9.17, 15) is 0 Å². The Morgan fingerprint density at radius 2 is 2.38 bits per heavy atom. The third kappa shape index (κ3) is 2.68. The number of anilines is 1. The number of hydrogen-bond donors (Lipinski definition) is 1. The molecule has 1 saturated heterocycles. The zero-order valence-electron chi connectivity index (χ0n) is 9.89. The summed E-state index contributed by atoms with van der Waals surface area (Å²) in [6.07, 6.45) is 1.90. The van der Waals surface area contributed by atoms with E-state index in [0.29, 0.717) is 5.25 Å². The van der Waals surface area contributed by atoms with E-state index in [2.05, 4.69) is 28.9 Å². The highest BCUT2D eigenvalue weighted by Crippen LogP contribution is 2.22. The first-order valence-corrected chi connectivity index (χ1v) is 6.80. The molecule has 0 radical (unpaired) electrons. The Hall–Kier alpha value is -0.740. The van der Waals surface area contributed by atoms with Crippen LogP contribution in [0, 0.1) is 0 Å².